The first-order valence-corrected chi connectivity index (χ1v) is 6.11. The number of hydrogen-bond acceptors (Lipinski definition) is 2. The van der Waals surface area contributed by atoms with E-state index in [1.54, 1.807) is 11.3 Å². The number of aromatic nitrogens is 1. The Hall–Kier alpha value is -1.06. The van der Waals surface area contributed by atoms with Crippen molar-refractivity contribution in [2.75, 3.05) is 0 Å². The molecule has 0 bridgehead atoms. The van der Waals surface area contributed by atoms with Crippen molar-refractivity contribution >= 4 is 11.3 Å². The van der Waals surface area contributed by atoms with Gasteiger partial charge in [-0.15, -0.1) is 11.3 Å². The van der Waals surface area contributed by atoms with E-state index in [0.717, 1.165) is 13.0 Å². The third kappa shape index (κ3) is 2.49. The van der Waals surface area contributed by atoms with E-state index >= 15 is 0 Å². The van der Waals surface area contributed by atoms with Crippen LogP contribution in [0.4, 0.5) is 0 Å². The van der Waals surface area contributed by atoms with E-state index in [-0.39, 0.29) is 6.04 Å². The highest BCUT2D eigenvalue weighted by atomic mass is 32.1. The van der Waals surface area contributed by atoms with E-state index in [2.05, 4.69) is 47.5 Å². The van der Waals surface area contributed by atoms with Crippen LogP contribution in [-0.2, 0) is 6.54 Å². The van der Waals surface area contributed by atoms with Crippen molar-refractivity contribution in [2.45, 2.75) is 25.9 Å². The van der Waals surface area contributed by atoms with Gasteiger partial charge in [0.2, 0.25) is 0 Å². The zero-order valence-corrected chi connectivity index (χ0v) is 9.70. The number of hydrogen-bond donors (Lipinski definition) is 1. The second-order valence-electron chi connectivity index (χ2n) is 3.71. The Labute approximate surface area is 94.3 Å². The van der Waals surface area contributed by atoms with Crippen LogP contribution in [0.1, 0.15) is 29.8 Å². The lowest BCUT2D eigenvalue weighted by Crippen LogP contribution is -2.07. The van der Waals surface area contributed by atoms with Gasteiger partial charge in [-0.2, -0.15) is 0 Å². The molecule has 2 aromatic rings. The summed E-state index contributed by atoms with van der Waals surface area (Å²) in [6.45, 7) is 3.06. The zero-order valence-electron chi connectivity index (χ0n) is 8.89. The summed E-state index contributed by atoms with van der Waals surface area (Å²) in [6.07, 6.45) is 5.24. The van der Waals surface area contributed by atoms with Crippen molar-refractivity contribution in [2.24, 2.45) is 5.73 Å². The highest BCUT2D eigenvalue weighted by molar-refractivity contribution is 7.09. The SMILES string of the molecule is CCC(N)c1ccn(Cc2cccs2)c1. The molecule has 0 amide bonds. The lowest BCUT2D eigenvalue weighted by molar-refractivity contribution is 0.693. The van der Waals surface area contributed by atoms with E-state index < -0.39 is 0 Å². The van der Waals surface area contributed by atoms with Crippen molar-refractivity contribution in [3.05, 3.63) is 46.4 Å². The van der Waals surface area contributed by atoms with Gasteiger partial charge in [0.15, 0.2) is 0 Å². The van der Waals surface area contributed by atoms with Crippen molar-refractivity contribution in [1.29, 1.82) is 0 Å². The molecule has 1 atom stereocenters. The van der Waals surface area contributed by atoms with E-state index in [0.29, 0.717) is 0 Å². The third-order valence-electron chi connectivity index (χ3n) is 2.56. The zero-order chi connectivity index (χ0) is 10.7. The quantitative estimate of drug-likeness (QED) is 0.843. The fourth-order valence-corrected chi connectivity index (χ4v) is 2.31. The van der Waals surface area contributed by atoms with E-state index in [9.17, 15) is 0 Å². The second-order valence-corrected chi connectivity index (χ2v) is 4.74. The Morgan fingerprint density at radius 2 is 2.33 bits per heavy atom. The second kappa shape index (κ2) is 4.64. The van der Waals surface area contributed by atoms with Gasteiger partial charge in [0.1, 0.15) is 0 Å². The summed E-state index contributed by atoms with van der Waals surface area (Å²) in [4.78, 5) is 1.38. The number of nitrogens with zero attached hydrogens (tertiary/aromatic N) is 1. The minimum absolute atomic E-state index is 0.176. The van der Waals surface area contributed by atoms with E-state index in [4.69, 9.17) is 5.73 Å². The molecule has 3 heteroatoms. The van der Waals surface area contributed by atoms with Gasteiger partial charge in [-0.1, -0.05) is 13.0 Å². The first-order chi connectivity index (χ1) is 7.29. The van der Waals surface area contributed by atoms with E-state index in [1.165, 1.54) is 10.4 Å². The summed E-state index contributed by atoms with van der Waals surface area (Å²) in [5.74, 6) is 0. The molecule has 2 heterocycles. The highest BCUT2D eigenvalue weighted by Gasteiger charge is 2.05. The van der Waals surface area contributed by atoms with Gasteiger partial charge < -0.3 is 10.3 Å². The molecule has 0 aliphatic carbocycles. The predicted molar refractivity (Wildman–Crippen MR) is 65.1 cm³/mol. The molecule has 80 valence electrons. The normalized spacial score (nSPS) is 12.9. The topological polar surface area (TPSA) is 30.9 Å². The molecule has 2 rings (SSSR count). The van der Waals surface area contributed by atoms with E-state index in [1.807, 2.05) is 0 Å². The minimum atomic E-state index is 0.176. The molecule has 2 nitrogen and oxygen atoms in total. The van der Waals surface area contributed by atoms with Crippen molar-refractivity contribution in [3.8, 4) is 0 Å². The van der Waals surface area contributed by atoms with Crippen molar-refractivity contribution < 1.29 is 0 Å². The first-order valence-electron chi connectivity index (χ1n) is 5.23. The Morgan fingerprint density at radius 1 is 1.47 bits per heavy atom. The molecule has 2 aromatic heterocycles. The van der Waals surface area contributed by atoms with Gasteiger partial charge >= 0.3 is 0 Å². The molecule has 2 N–H and O–H groups in total. The molecule has 0 aliphatic heterocycles. The summed E-state index contributed by atoms with van der Waals surface area (Å²) in [5, 5.41) is 2.11. The smallest absolute Gasteiger partial charge is 0.0563 e. The largest absolute Gasteiger partial charge is 0.349 e. The summed E-state index contributed by atoms with van der Waals surface area (Å²) in [6, 6.07) is 6.53. The van der Waals surface area contributed by atoms with Gasteiger partial charge in [0.05, 0.1) is 6.54 Å². The number of nitrogens with two attached hydrogens (primary N) is 1. The summed E-state index contributed by atoms with van der Waals surface area (Å²) >= 11 is 1.79. The lowest BCUT2D eigenvalue weighted by Gasteiger charge is -2.05. The van der Waals surface area contributed by atoms with Crippen LogP contribution in [0.5, 0.6) is 0 Å². The minimum Gasteiger partial charge on any atom is -0.349 e. The van der Waals surface area contributed by atoms with Crippen LogP contribution in [0.15, 0.2) is 36.0 Å². The maximum atomic E-state index is 5.97. The number of rotatable bonds is 4. The summed E-state index contributed by atoms with van der Waals surface area (Å²) in [7, 11) is 0. The molecule has 15 heavy (non-hydrogen) atoms. The molecule has 0 saturated carbocycles. The Kier molecular flexibility index (Phi) is 3.23. The van der Waals surface area contributed by atoms with Crippen LogP contribution in [0.2, 0.25) is 0 Å². The molecule has 0 aromatic carbocycles. The van der Waals surface area contributed by atoms with Crippen LogP contribution in [0.3, 0.4) is 0 Å². The van der Waals surface area contributed by atoms with Crippen LogP contribution in [0, 0.1) is 0 Å². The average Bonchev–Trinajstić information content (AvgIpc) is 2.88. The fourth-order valence-electron chi connectivity index (χ4n) is 1.60. The van der Waals surface area contributed by atoms with Gasteiger partial charge in [-0.05, 0) is 29.5 Å². The van der Waals surface area contributed by atoms with Gasteiger partial charge in [0.25, 0.3) is 0 Å². The summed E-state index contributed by atoms with van der Waals surface area (Å²) < 4.78 is 2.19. The van der Waals surface area contributed by atoms with Crippen LogP contribution in [0.25, 0.3) is 0 Å². The van der Waals surface area contributed by atoms with Crippen molar-refractivity contribution in [3.63, 3.8) is 0 Å². The summed E-state index contributed by atoms with van der Waals surface area (Å²) in [5.41, 5.74) is 7.20. The van der Waals surface area contributed by atoms with Gasteiger partial charge in [-0.25, -0.2) is 0 Å². The molecule has 0 aliphatic rings. The highest BCUT2D eigenvalue weighted by Crippen LogP contribution is 2.16. The third-order valence-corrected chi connectivity index (χ3v) is 3.42. The average molecular weight is 220 g/mol. The van der Waals surface area contributed by atoms with Crippen LogP contribution < -0.4 is 5.73 Å². The van der Waals surface area contributed by atoms with Crippen LogP contribution >= 0.6 is 11.3 Å². The number of thiophene rings is 1. The predicted octanol–water partition coefficient (Wildman–Crippen LogP) is 3.01. The molecular weight excluding hydrogens is 204 g/mol. The molecule has 0 saturated heterocycles. The maximum Gasteiger partial charge on any atom is 0.0563 e. The fraction of sp³-hybridized carbons (Fsp3) is 0.333. The Balaban J connectivity index is 2.07. The molecular formula is C12H16N2S. The standard InChI is InChI=1S/C12H16N2S/c1-2-12(13)10-5-6-14(8-10)9-11-4-3-7-15-11/h3-8,12H,2,9,13H2,1H3. The van der Waals surface area contributed by atoms with Gasteiger partial charge in [-0.3, -0.25) is 0 Å². The Morgan fingerprint density at radius 3 is 3.00 bits per heavy atom. The monoisotopic (exact) mass is 220 g/mol. The molecule has 0 radical (unpaired) electrons. The Bertz CT molecular complexity index is 403. The maximum absolute atomic E-state index is 5.97. The molecule has 1 unspecified atom stereocenters. The molecule has 0 fully saturated rings. The lowest BCUT2D eigenvalue weighted by atomic mass is 10.1. The van der Waals surface area contributed by atoms with Gasteiger partial charge in [0, 0.05) is 23.3 Å². The molecule has 0 spiro atoms. The van der Waals surface area contributed by atoms with Crippen molar-refractivity contribution in [1.82, 2.24) is 4.57 Å². The first kappa shape index (κ1) is 10.5. The van der Waals surface area contributed by atoms with Crippen LogP contribution in [-0.4, -0.2) is 4.57 Å².